The third-order valence-electron chi connectivity index (χ3n) is 4.46. The molecule has 0 bridgehead atoms. The van der Waals surface area contributed by atoms with Crippen molar-refractivity contribution >= 4 is 38.3 Å². The number of carbonyl (C=O) groups is 1. The molecule has 4 aromatic rings. The van der Waals surface area contributed by atoms with Crippen molar-refractivity contribution in [2.24, 2.45) is 0 Å². The van der Waals surface area contributed by atoms with Gasteiger partial charge in [-0.05, 0) is 36.2 Å². The molecule has 3 aromatic carbocycles. The molecule has 0 saturated carbocycles. The Bertz CT molecular complexity index is 1210. The zero-order valence-corrected chi connectivity index (χ0v) is 16.8. The van der Waals surface area contributed by atoms with Gasteiger partial charge in [0.15, 0.2) is 11.2 Å². The lowest BCUT2D eigenvalue weighted by atomic mass is 10.1. The smallest absolute Gasteiger partial charge is 0.270 e. The fourth-order valence-corrected chi connectivity index (χ4v) is 3.80. The first kappa shape index (κ1) is 19.5. The van der Waals surface area contributed by atoms with Crippen molar-refractivity contribution in [2.45, 2.75) is 13.0 Å². The highest BCUT2D eigenvalue weighted by atomic mass is 32.1. The van der Waals surface area contributed by atoms with Gasteiger partial charge in [-0.1, -0.05) is 53.8 Å². The summed E-state index contributed by atoms with van der Waals surface area (Å²) in [4.78, 5) is 27.2. The Morgan fingerprint density at radius 2 is 1.77 bits per heavy atom. The van der Waals surface area contributed by atoms with Crippen LogP contribution in [0.4, 0.5) is 10.8 Å². The number of aromatic nitrogens is 1. The van der Waals surface area contributed by atoms with Crippen molar-refractivity contribution in [3.8, 4) is 16.9 Å². The average molecular weight is 419 g/mol. The molecule has 7 nitrogen and oxygen atoms in total. The highest BCUT2D eigenvalue weighted by molar-refractivity contribution is 7.22. The van der Waals surface area contributed by atoms with Crippen LogP contribution in [0.1, 0.15) is 6.92 Å². The zero-order valence-electron chi connectivity index (χ0n) is 15.9. The summed E-state index contributed by atoms with van der Waals surface area (Å²) in [5.41, 5.74) is 2.74. The van der Waals surface area contributed by atoms with Crippen molar-refractivity contribution in [3.63, 3.8) is 0 Å². The van der Waals surface area contributed by atoms with E-state index in [1.54, 1.807) is 13.0 Å². The SMILES string of the molecule is C[C@H](Oc1ccc(-c2ccccc2)cc1)C(=O)Nc1nc2ccc([N+](=O)[O-])cc2s1. The third-order valence-corrected chi connectivity index (χ3v) is 5.39. The van der Waals surface area contributed by atoms with Crippen LogP contribution >= 0.6 is 11.3 Å². The van der Waals surface area contributed by atoms with E-state index < -0.39 is 11.0 Å². The Balaban J connectivity index is 1.41. The lowest BCUT2D eigenvalue weighted by Gasteiger charge is -2.14. The van der Waals surface area contributed by atoms with E-state index >= 15 is 0 Å². The molecule has 8 heteroatoms. The molecule has 4 rings (SSSR count). The monoisotopic (exact) mass is 419 g/mol. The summed E-state index contributed by atoms with van der Waals surface area (Å²) in [6, 6.07) is 21.9. The van der Waals surface area contributed by atoms with E-state index in [0.29, 0.717) is 21.1 Å². The molecule has 0 aliphatic heterocycles. The number of thiazole rings is 1. The van der Waals surface area contributed by atoms with Gasteiger partial charge in [-0.25, -0.2) is 4.98 Å². The predicted molar refractivity (Wildman–Crippen MR) is 117 cm³/mol. The van der Waals surface area contributed by atoms with E-state index in [1.807, 2.05) is 54.6 Å². The van der Waals surface area contributed by atoms with E-state index in [0.717, 1.165) is 11.1 Å². The number of nitro benzene ring substituents is 1. The topological polar surface area (TPSA) is 94.4 Å². The first-order chi connectivity index (χ1) is 14.5. The largest absolute Gasteiger partial charge is 0.481 e. The highest BCUT2D eigenvalue weighted by Crippen LogP contribution is 2.29. The summed E-state index contributed by atoms with van der Waals surface area (Å²) >= 11 is 1.18. The molecule has 0 saturated heterocycles. The van der Waals surface area contributed by atoms with Gasteiger partial charge >= 0.3 is 0 Å². The number of carbonyl (C=O) groups excluding carboxylic acids is 1. The van der Waals surface area contributed by atoms with E-state index in [-0.39, 0.29) is 11.6 Å². The average Bonchev–Trinajstić information content (AvgIpc) is 3.16. The molecule has 0 aliphatic carbocycles. The van der Waals surface area contributed by atoms with Gasteiger partial charge in [-0.15, -0.1) is 0 Å². The quantitative estimate of drug-likeness (QED) is 0.339. The number of rotatable bonds is 6. The van der Waals surface area contributed by atoms with E-state index in [2.05, 4.69) is 10.3 Å². The fourth-order valence-electron chi connectivity index (χ4n) is 2.90. The van der Waals surface area contributed by atoms with Crippen molar-refractivity contribution in [2.75, 3.05) is 5.32 Å². The fraction of sp³-hybridized carbons (Fsp3) is 0.0909. The number of hydrogen-bond acceptors (Lipinski definition) is 6. The molecule has 0 fully saturated rings. The minimum atomic E-state index is -0.742. The summed E-state index contributed by atoms with van der Waals surface area (Å²) in [7, 11) is 0. The van der Waals surface area contributed by atoms with Gasteiger partial charge in [0, 0.05) is 12.1 Å². The van der Waals surface area contributed by atoms with Crippen molar-refractivity contribution in [3.05, 3.63) is 82.9 Å². The molecule has 1 heterocycles. The number of nitro groups is 1. The Labute approximate surface area is 176 Å². The Hall–Kier alpha value is -3.78. The lowest BCUT2D eigenvalue weighted by molar-refractivity contribution is -0.384. The number of fused-ring (bicyclic) bond motifs is 1. The summed E-state index contributed by atoms with van der Waals surface area (Å²) in [5.74, 6) is 0.230. The van der Waals surface area contributed by atoms with Gasteiger partial charge in [-0.2, -0.15) is 0 Å². The normalized spacial score (nSPS) is 11.8. The molecule has 0 aliphatic rings. The molecule has 1 atom stereocenters. The molecule has 1 N–H and O–H groups in total. The molecule has 30 heavy (non-hydrogen) atoms. The molecule has 0 radical (unpaired) electrons. The Kier molecular flexibility index (Phi) is 5.40. The number of non-ortho nitro benzene ring substituents is 1. The second-order valence-corrected chi connectivity index (χ2v) is 7.60. The van der Waals surface area contributed by atoms with Gasteiger partial charge < -0.3 is 4.74 Å². The molecular formula is C22H17N3O4S. The molecule has 1 amide bonds. The van der Waals surface area contributed by atoms with E-state index in [9.17, 15) is 14.9 Å². The maximum Gasteiger partial charge on any atom is 0.270 e. The van der Waals surface area contributed by atoms with E-state index in [1.165, 1.54) is 23.5 Å². The second-order valence-electron chi connectivity index (χ2n) is 6.57. The predicted octanol–water partition coefficient (Wildman–Crippen LogP) is 5.28. The Morgan fingerprint density at radius 3 is 2.47 bits per heavy atom. The molecule has 150 valence electrons. The summed E-state index contributed by atoms with van der Waals surface area (Å²) in [6.45, 7) is 1.65. The second kappa shape index (κ2) is 8.30. The number of benzene rings is 3. The summed E-state index contributed by atoms with van der Waals surface area (Å²) < 4.78 is 6.37. The minimum Gasteiger partial charge on any atom is -0.481 e. The molecule has 0 spiro atoms. The lowest BCUT2D eigenvalue weighted by Crippen LogP contribution is -2.30. The van der Waals surface area contributed by atoms with Crippen LogP contribution in [0.25, 0.3) is 21.3 Å². The minimum absolute atomic E-state index is 0.0142. The first-order valence-electron chi connectivity index (χ1n) is 9.17. The van der Waals surface area contributed by atoms with Crippen LogP contribution in [-0.4, -0.2) is 21.9 Å². The van der Waals surface area contributed by atoms with Gasteiger partial charge in [0.05, 0.1) is 15.1 Å². The maximum absolute atomic E-state index is 12.5. The van der Waals surface area contributed by atoms with E-state index in [4.69, 9.17) is 4.74 Å². The zero-order chi connectivity index (χ0) is 21.1. The van der Waals surface area contributed by atoms with Gasteiger partial charge in [0.25, 0.3) is 11.6 Å². The Morgan fingerprint density at radius 1 is 1.07 bits per heavy atom. The van der Waals surface area contributed by atoms with Crippen LogP contribution in [0.5, 0.6) is 5.75 Å². The molecule has 1 aromatic heterocycles. The number of nitrogens with zero attached hydrogens (tertiary/aromatic N) is 2. The van der Waals surface area contributed by atoms with Crippen LogP contribution in [-0.2, 0) is 4.79 Å². The number of ether oxygens (including phenoxy) is 1. The first-order valence-corrected chi connectivity index (χ1v) is 9.99. The number of hydrogen-bond donors (Lipinski definition) is 1. The highest BCUT2D eigenvalue weighted by Gasteiger charge is 2.18. The van der Waals surface area contributed by atoms with Gasteiger partial charge in [0.2, 0.25) is 0 Å². The van der Waals surface area contributed by atoms with Crippen molar-refractivity contribution < 1.29 is 14.5 Å². The van der Waals surface area contributed by atoms with Crippen molar-refractivity contribution in [1.29, 1.82) is 0 Å². The maximum atomic E-state index is 12.5. The van der Waals surface area contributed by atoms with Gasteiger partial charge in [0.1, 0.15) is 5.75 Å². The van der Waals surface area contributed by atoms with Crippen LogP contribution in [0.3, 0.4) is 0 Å². The molecule has 0 unspecified atom stereocenters. The summed E-state index contributed by atoms with van der Waals surface area (Å²) in [6.07, 6.45) is -0.742. The number of anilines is 1. The summed E-state index contributed by atoms with van der Waals surface area (Å²) in [5, 5.41) is 14.0. The number of amides is 1. The number of nitrogens with one attached hydrogen (secondary N) is 1. The molecular weight excluding hydrogens is 402 g/mol. The standard InChI is InChI=1S/C22H17N3O4S/c1-14(29-18-10-7-16(8-11-18)15-5-3-2-4-6-15)21(26)24-22-23-19-12-9-17(25(27)28)13-20(19)30-22/h2-14H,1H3,(H,23,24,26)/t14-/m0/s1. The van der Waals surface area contributed by atoms with Crippen LogP contribution in [0.15, 0.2) is 72.8 Å². The van der Waals surface area contributed by atoms with Crippen molar-refractivity contribution in [1.82, 2.24) is 4.98 Å². The van der Waals surface area contributed by atoms with Crippen LogP contribution in [0.2, 0.25) is 0 Å². The van der Waals surface area contributed by atoms with Gasteiger partial charge in [-0.3, -0.25) is 20.2 Å². The van der Waals surface area contributed by atoms with Crippen LogP contribution < -0.4 is 10.1 Å². The van der Waals surface area contributed by atoms with Crippen LogP contribution in [0, 0.1) is 10.1 Å². The third kappa shape index (κ3) is 4.28.